The van der Waals surface area contributed by atoms with Gasteiger partial charge >= 0.3 is 0 Å². The van der Waals surface area contributed by atoms with Gasteiger partial charge in [-0.1, -0.05) is 12.5 Å². The summed E-state index contributed by atoms with van der Waals surface area (Å²) >= 11 is 0. The van der Waals surface area contributed by atoms with E-state index in [1.54, 1.807) is 19.1 Å². The van der Waals surface area contributed by atoms with Crippen molar-refractivity contribution in [1.29, 1.82) is 0 Å². The first-order valence-electron chi connectivity index (χ1n) is 8.92. The number of nitro groups is 1. The number of imide groups is 1. The zero-order valence-electron chi connectivity index (χ0n) is 14.8. The lowest BCUT2D eigenvalue weighted by atomic mass is 9.97. The molecule has 0 spiro atoms. The van der Waals surface area contributed by atoms with Crippen molar-refractivity contribution in [3.05, 3.63) is 33.9 Å². The van der Waals surface area contributed by atoms with E-state index >= 15 is 0 Å². The lowest BCUT2D eigenvalue weighted by molar-refractivity contribution is -0.385. The lowest BCUT2D eigenvalue weighted by Crippen LogP contribution is -2.50. The summed E-state index contributed by atoms with van der Waals surface area (Å²) in [5.41, 5.74) is 0.617. The van der Waals surface area contributed by atoms with Crippen molar-refractivity contribution >= 4 is 23.2 Å². The van der Waals surface area contributed by atoms with E-state index < -0.39 is 11.0 Å². The number of aliphatic hydroxyl groups is 1. The SMILES string of the molecule is Cc1ccc(N2C(=O)C[C@@H](N3CCCC[C@@H]3CCO)C2=O)cc1[N+](=O)[O-]. The van der Waals surface area contributed by atoms with Gasteiger partial charge in [-0.15, -0.1) is 0 Å². The maximum atomic E-state index is 13.0. The highest BCUT2D eigenvalue weighted by molar-refractivity contribution is 6.22. The van der Waals surface area contributed by atoms with Crippen molar-refractivity contribution in [3.63, 3.8) is 0 Å². The molecular weight excluding hydrogens is 338 g/mol. The second-order valence-electron chi connectivity index (χ2n) is 6.91. The predicted molar refractivity (Wildman–Crippen MR) is 94.8 cm³/mol. The van der Waals surface area contributed by atoms with Crippen LogP contribution in [0.25, 0.3) is 0 Å². The predicted octanol–water partition coefficient (Wildman–Crippen LogP) is 1.77. The first-order valence-corrected chi connectivity index (χ1v) is 8.92. The van der Waals surface area contributed by atoms with Crippen LogP contribution in [0, 0.1) is 17.0 Å². The largest absolute Gasteiger partial charge is 0.396 e. The quantitative estimate of drug-likeness (QED) is 0.487. The maximum Gasteiger partial charge on any atom is 0.274 e. The van der Waals surface area contributed by atoms with Crippen molar-refractivity contribution in [2.24, 2.45) is 0 Å². The van der Waals surface area contributed by atoms with E-state index in [0.29, 0.717) is 12.0 Å². The van der Waals surface area contributed by atoms with Crippen LogP contribution in [0.2, 0.25) is 0 Å². The molecule has 8 heteroatoms. The van der Waals surface area contributed by atoms with Crippen molar-refractivity contribution < 1.29 is 19.6 Å². The summed E-state index contributed by atoms with van der Waals surface area (Å²) in [7, 11) is 0. The van der Waals surface area contributed by atoms with Gasteiger partial charge in [-0.2, -0.15) is 0 Å². The molecule has 0 saturated carbocycles. The Bertz CT molecular complexity index is 734. The number of piperidine rings is 1. The first kappa shape index (κ1) is 18.5. The molecule has 2 amide bonds. The van der Waals surface area contributed by atoms with E-state index in [-0.39, 0.29) is 42.3 Å². The van der Waals surface area contributed by atoms with Crippen molar-refractivity contribution in [3.8, 4) is 0 Å². The van der Waals surface area contributed by atoms with Gasteiger partial charge in [0.15, 0.2) is 0 Å². The number of rotatable bonds is 5. The Labute approximate surface area is 151 Å². The lowest BCUT2D eigenvalue weighted by Gasteiger charge is -2.38. The molecule has 1 aromatic rings. The number of anilines is 1. The van der Waals surface area contributed by atoms with Crippen LogP contribution in [-0.2, 0) is 9.59 Å². The van der Waals surface area contributed by atoms with Crippen LogP contribution in [0.5, 0.6) is 0 Å². The van der Waals surface area contributed by atoms with Gasteiger partial charge in [0.05, 0.1) is 23.1 Å². The van der Waals surface area contributed by atoms with Crippen LogP contribution >= 0.6 is 0 Å². The third-order valence-electron chi connectivity index (χ3n) is 5.31. The first-order chi connectivity index (χ1) is 12.4. The third-order valence-corrected chi connectivity index (χ3v) is 5.31. The molecule has 26 heavy (non-hydrogen) atoms. The average molecular weight is 361 g/mol. The number of aryl methyl sites for hydroxylation is 1. The molecule has 2 heterocycles. The molecule has 0 aromatic heterocycles. The van der Waals surface area contributed by atoms with Crippen LogP contribution < -0.4 is 4.90 Å². The van der Waals surface area contributed by atoms with Crippen LogP contribution in [0.4, 0.5) is 11.4 Å². The van der Waals surface area contributed by atoms with Gasteiger partial charge in [0.25, 0.3) is 11.6 Å². The molecule has 3 rings (SSSR count). The molecule has 1 aromatic carbocycles. The van der Waals surface area contributed by atoms with Crippen LogP contribution in [0.15, 0.2) is 18.2 Å². The average Bonchev–Trinajstić information content (AvgIpc) is 2.90. The number of hydrogen-bond acceptors (Lipinski definition) is 6. The zero-order valence-corrected chi connectivity index (χ0v) is 14.8. The normalized spacial score (nSPS) is 24.3. The molecule has 1 N–H and O–H groups in total. The number of carbonyl (C=O) groups is 2. The summed E-state index contributed by atoms with van der Waals surface area (Å²) in [4.78, 5) is 39.2. The molecule has 2 fully saturated rings. The summed E-state index contributed by atoms with van der Waals surface area (Å²) in [6.07, 6.45) is 3.55. The van der Waals surface area contributed by atoms with Gasteiger partial charge in [0.1, 0.15) is 0 Å². The number of aliphatic hydroxyl groups excluding tert-OH is 1. The molecule has 2 saturated heterocycles. The van der Waals surface area contributed by atoms with Gasteiger partial charge in [-0.05, 0) is 38.8 Å². The van der Waals surface area contributed by atoms with Gasteiger partial charge in [0, 0.05) is 24.3 Å². The molecule has 2 atom stereocenters. The molecule has 2 aliphatic heterocycles. The van der Waals surface area contributed by atoms with E-state index in [0.717, 1.165) is 30.7 Å². The van der Waals surface area contributed by atoms with E-state index in [4.69, 9.17) is 0 Å². The Morgan fingerprint density at radius 3 is 2.77 bits per heavy atom. The Morgan fingerprint density at radius 1 is 1.31 bits per heavy atom. The molecule has 0 radical (unpaired) electrons. The minimum Gasteiger partial charge on any atom is -0.396 e. The molecule has 0 bridgehead atoms. The van der Waals surface area contributed by atoms with Gasteiger partial charge in [-0.3, -0.25) is 24.6 Å². The second-order valence-corrected chi connectivity index (χ2v) is 6.91. The molecule has 8 nitrogen and oxygen atoms in total. The number of hydrogen-bond donors (Lipinski definition) is 1. The number of carbonyl (C=O) groups excluding carboxylic acids is 2. The maximum absolute atomic E-state index is 13.0. The zero-order chi connectivity index (χ0) is 18.8. The topological polar surface area (TPSA) is 104 Å². The van der Waals surface area contributed by atoms with Gasteiger partial charge in [-0.25, -0.2) is 4.90 Å². The van der Waals surface area contributed by atoms with Crippen molar-refractivity contribution in [2.75, 3.05) is 18.1 Å². The molecule has 0 aliphatic carbocycles. The Balaban J connectivity index is 1.87. The fraction of sp³-hybridized carbons (Fsp3) is 0.556. The molecule has 140 valence electrons. The molecular formula is C18H23N3O5. The number of amides is 2. The minimum atomic E-state index is -0.556. The number of benzene rings is 1. The summed E-state index contributed by atoms with van der Waals surface area (Å²) in [5.74, 6) is -0.676. The standard InChI is InChI=1S/C18H23N3O5/c1-12-5-6-14(10-15(12)21(25)26)20-17(23)11-16(18(20)24)19-8-3-2-4-13(19)7-9-22/h5-6,10,13,16,22H,2-4,7-9,11H2,1H3/t13-,16-/m1/s1. The van der Waals surface area contributed by atoms with E-state index in [1.807, 2.05) is 4.90 Å². The monoisotopic (exact) mass is 361 g/mol. The summed E-state index contributed by atoms with van der Waals surface area (Å²) in [5, 5.41) is 20.4. The highest BCUT2D eigenvalue weighted by atomic mass is 16.6. The van der Waals surface area contributed by atoms with Crippen molar-refractivity contribution in [2.45, 2.75) is 51.1 Å². The highest BCUT2D eigenvalue weighted by Gasteiger charge is 2.45. The summed E-state index contributed by atoms with van der Waals surface area (Å²) in [6, 6.07) is 3.94. The van der Waals surface area contributed by atoms with Gasteiger partial charge < -0.3 is 5.11 Å². The van der Waals surface area contributed by atoms with E-state index in [9.17, 15) is 24.8 Å². The Hall–Kier alpha value is -2.32. The number of likely N-dealkylation sites (tertiary alicyclic amines) is 1. The van der Waals surface area contributed by atoms with E-state index in [1.165, 1.54) is 6.07 Å². The van der Waals surface area contributed by atoms with Crippen molar-refractivity contribution in [1.82, 2.24) is 4.90 Å². The van der Waals surface area contributed by atoms with Crippen LogP contribution in [-0.4, -0.2) is 52.0 Å². The second kappa shape index (κ2) is 7.51. The summed E-state index contributed by atoms with van der Waals surface area (Å²) in [6.45, 7) is 2.38. The molecule has 2 aliphatic rings. The molecule has 0 unspecified atom stereocenters. The third kappa shape index (κ3) is 3.34. The smallest absolute Gasteiger partial charge is 0.274 e. The minimum absolute atomic E-state index is 0.0455. The van der Waals surface area contributed by atoms with E-state index in [2.05, 4.69) is 0 Å². The van der Waals surface area contributed by atoms with Gasteiger partial charge in [0.2, 0.25) is 5.91 Å². The van der Waals surface area contributed by atoms with Crippen LogP contribution in [0.1, 0.15) is 37.7 Å². The Kier molecular flexibility index (Phi) is 5.33. The fourth-order valence-electron chi connectivity index (χ4n) is 3.97. The van der Waals surface area contributed by atoms with Crippen LogP contribution in [0.3, 0.4) is 0 Å². The summed E-state index contributed by atoms with van der Waals surface area (Å²) < 4.78 is 0. The number of nitrogens with zero attached hydrogens (tertiary/aromatic N) is 3. The highest BCUT2D eigenvalue weighted by Crippen LogP contribution is 2.32. The number of nitro benzene ring substituents is 1. The Morgan fingerprint density at radius 2 is 2.08 bits per heavy atom. The fourth-order valence-corrected chi connectivity index (χ4v) is 3.97.